The number of para-hydroxylation sites is 1. The molecule has 0 radical (unpaired) electrons. The minimum Gasteiger partial charge on any atom is -0.493 e. The number of carbonyl (C=O) groups is 2. The van der Waals surface area contributed by atoms with Crippen LogP contribution in [0.15, 0.2) is 72.3 Å². The third kappa shape index (κ3) is 7.93. The lowest BCUT2D eigenvalue weighted by atomic mass is 9.99. The Morgan fingerprint density at radius 2 is 1.83 bits per heavy atom. The Morgan fingerprint density at radius 3 is 2.57 bits per heavy atom. The Hall–Kier alpha value is -4.02. The molecule has 1 atom stereocenters. The molecule has 2 fully saturated rings. The summed E-state index contributed by atoms with van der Waals surface area (Å²) in [5.41, 5.74) is 5.91. The fourth-order valence-corrected chi connectivity index (χ4v) is 6.54. The fourth-order valence-electron chi connectivity index (χ4n) is 6.54. The molecule has 0 aliphatic carbocycles. The number of ether oxygens (including phenoxy) is 4. The summed E-state index contributed by atoms with van der Waals surface area (Å²) >= 11 is 0. The molecule has 3 aliphatic heterocycles. The van der Waals surface area contributed by atoms with E-state index in [0.717, 1.165) is 66.4 Å². The lowest BCUT2D eigenvalue weighted by Crippen LogP contribution is -2.39. The molecule has 2 saturated heterocycles. The van der Waals surface area contributed by atoms with E-state index in [2.05, 4.69) is 29.4 Å². The predicted molar refractivity (Wildman–Crippen MR) is 183 cm³/mol. The van der Waals surface area contributed by atoms with Gasteiger partial charge >= 0.3 is 0 Å². The number of benzene rings is 3. The van der Waals surface area contributed by atoms with Crippen LogP contribution in [0.25, 0.3) is 17.2 Å². The third-order valence-electron chi connectivity index (χ3n) is 9.12. The molecule has 0 bridgehead atoms. The molecule has 3 aromatic rings. The summed E-state index contributed by atoms with van der Waals surface area (Å²) in [4.78, 5) is 31.6. The number of nitrogens with zero attached hydrogens (tertiary/aromatic N) is 2. The van der Waals surface area contributed by atoms with E-state index in [9.17, 15) is 9.59 Å². The van der Waals surface area contributed by atoms with Gasteiger partial charge in [-0.15, -0.1) is 0 Å². The van der Waals surface area contributed by atoms with Gasteiger partial charge in [0.25, 0.3) is 5.91 Å². The second kappa shape index (κ2) is 14.8. The molecule has 0 aromatic heterocycles. The van der Waals surface area contributed by atoms with Gasteiger partial charge in [0, 0.05) is 42.6 Å². The first kappa shape index (κ1) is 32.9. The van der Waals surface area contributed by atoms with E-state index in [1.807, 2.05) is 67.6 Å². The number of hydrogen-bond donors (Lipinski definition) is 1. The minimum absolute atomic E-state index is 0.0816. The van der Waals surface area contributed by atoms with Gasteiger partial charge in [-0.25, -0.2) is 0 Å². The summed E-state index contributed by atoms with van der Waals surface area (Å²) in [7, 11) is 2.13. The van der Waals surface area contributed by atoms with Crippen molar-refractivity contribution in [2.45, 2.75) is 57.9 Å². The second-order valence-electron chi connectivity index (χ2n) is 12.6. The number of hydrogen-bond acceptors (Lipinski definition) is 7. The minimum atomic E-state index is -0.960. The molecule has 1 unspecified atom stereocenters. The first-order valence-corrected chi connectivity index (χ1v) is 16.7. The van der Waals surface area contributed by atoms with Crippen LogP contribution in [0.1, 0.15) is 50.7 Å². The summed E-state index contributed by atoms with van der Waals surface area (Å²) in [6, 6.07) is 22.3. The lowest BCUT2D eigenvalue weighted by molar-refractivity contribution is -0.158. The molecule has 3 heterocycles. The molecular weight excluding hydrogens is 594 g/mol. The monoisotopic (exact) mass is 639 g/mol. The maximum Gasteiger partial charge on any atom is 0.251 e. The number of amides is 2. The van der Waals surface area contributed by atoms with E-state index >= 15 is 0 Å². The highest BCUT2D eigenvalue weighted by molar-refractivity contribution is 6.08. The highest BCUT2D eigenvalue weighted by atomic mass is 16.7. The number of rotatable bonds is 10. The van der Waals surface area contributed by atoms with E-state index < -0.39 is 5.79 Å². The van der Waals surface area contributed by atoms with Crippen molar-refractivity contribution in [2.75, 3.05) is 56.8 Å². The predicted octanol–water partition coefficient (Wildman–Crippen LogP) is 6.28. The maximum atomic E-state index is 13.8. The SMILES string of the molecule is CCOc1ccccc1-c1ccc2c(c1)C=C(C(=O)Nc1ccc(CN(C)C3CCCOC3)cc1)CCN2C(=O)CC1(C)OCCO1. The zero-order chi connectivity index (χ0) is 32.8. The van der Waals surface area contributed by atoms with Gasteiger partial charge in [-0.05, 0) is 93.3 Å². The van der Waals surface area contributed by atoms with E-state index in [0.29, 0.717) is 44.4 Å². The first-order chi connectivity index (χ1) is 22.8. The molecule has 47 heavy (non-hydrogen) atoms. The van der Waals surface area contributed by atoms with Crippen molar-refractivity contribution in [3.05, 3.63) is 83.4 Å². The number of fused-ring (bicyclic) bond motifs is 1. The Labute approximate surface area is 277 Å². The molecule has 0 saturated carbocycles. The number of carbonyl (C=O) groups excluding carboxylic acids is 2. The quantitative estimate of drug-likeness (QED) is 0.280. The van der Waals surface area contributed by atoms with Crippen LogP contribution in [0.3, 0.4) is 0 Å². The Kier molecular flexibility index (Phi) is 10.4. The van der Waals surface area contributed by atoms with Gasteiger partial charge in [0.2, 0.25) is 5.91 Å². The third-order valence-corrected chi connectivity index (χ3v) is 9.12. The molecule has 9 heteroatoms. The highest BCUT2D eigenvalue weighted by Gasteiger charge is 2.36. The van der Waals surface area contributed by atoms with Gasteiger partial charge in [-0.1, -0.05) is 36.4 Å². The van der Waals surface area contributed by atoms with Crippen LogP contribution >= 0.6 is 0 Å². The smallest absolute Gasteiger partial charge is 0.251 e. The highest BCUT2D eigenvalue weighted by Crippen LogP contribution is 2.37. The summed E-state index contributed by atoms with van der Waals surface area (Å²) in [5, 5.41) is 3.09. The van der Waals surface area contributed by atoms with Crippen molar-refractivity contribution in [3.63, 3.8) is 0 Å². The average molecular weight is 640 g/mol. The summed E-state index contributed by atoms with van der Waals surface area (Å²) in [6.45, 7) is 8.02. The molecule has 3 aromatic carbocycles. The Balaban J connectivity index is 1.23. The molecule has 9 nitrogen and oxygen atoms in total. The maximum absolute atomic E-state index is 13.8. The van der Waals surface area contributed by atoms with Gasteiger partial charge in [0.05, 0.1) is 38.5 Å². The number of nitrogens with one attached hydrogen (secondary N) is 1. The second-order valence-corrected chi connectivity index (χ2v) is 12.6. The van der Waals surface area contributed by atoms with Crippen molar-refractivity contribution in [1.29, 1.82) is 0 Å². The van der Waals surface area contributed by atoms with Crippen molar-refractivity contribution in [2.24, 2.45) is 0 Å². The zero-order valence-electron chi connectivity index (χ0n) is 27.6. The Bertz CT molecular complexity index is 1590. The molecule has 248 valence electrons. The van der Waals surface area contributed by atoms with E-state index in [-0.39, 0.29) is 18.2 Å². The first-order valence-electron chi connectivity index (χ1n) is 16.7. The molecule has 6 rings (SSSR count). The molecule has 2 amide bonds. The Morgan fingerprint density at radius 1 is 1.04 bits per heavy atom. The number of likely N-dealkylation sites (N-methyl/N-ethyl adjacent to an activating group) is 1. The van der Waals surface area contributed by atoms with Gasteiger partial charge in [0.15, 0.2) is 5.79 Å². The normalized spacial score (nSPS) is 19.1. The van der Waals surface area contributed by atoms with Crippen LogP contribution in [-0.2, 0) is 30.3 Å². The van der Waals surface area contributed by atoms with E-state index in [1.165, 1.54) is 5.56 Å². The van der Waals surface area contributed by atoms with Crippen LogP contribution in [0.5, 0.6) is 5.75 Å². The molecule has 1 N–H and O–H groups in total. The van der Waals surface area contributed by atoms with Gasteiger partial charge < -0.3 is 29.2 Å². The van der Waals surface area contributed by atoms with Crippen LogP contribution in [0.2, 0.25) is 0 Å². The van der Waals surface area contributed by atoms with E-state index in [1.54, 1.807) is 11.8 Å². The van der Waals surface area contributed by atoms with Crippen molar-refractivity contribution < 1.29 is 28.5 Å². The van der Waals surface area contributed by atoms with Gasteiger partial charge in [-0.3, -0.25) is 14.5 Å². The van der Waals surface area contributed by atoms with Gasteiger partial charge in [0.1, 0.15) is 5.75 Å². The largest absolute Gasteiger partial charge is 0.493 e. The van der Waals surface area contributed by atoms with E-state index in [4.69, 9.17) is 18.9 Å². The summed E-state index contributed by atoms with van der Waals surface area (Å²) in [6.07, 6.45) is 4.62. The van der Waals surface area contributed by atoms with Crippen LogP contribution in [-0.4, -0.2) is 75.2 Å². The van der Waals surface area contributed by atoms with Crippen LogP contribution in [0, 0.1) is 0 Å². The average Bonchev–Trinajstić information content (AvgIpc) is 3.41. The van der Waals surface area contributed by atoms with Crippen LogP contribution < -0.4 is 15.0 Å². The standard InChI is InChI=1S/C38H45N3O6/c1-4-45-35-10-6-5-9-33(35)28-13-16-34-30(22-28)23-29(17-18-41(34)36(42)24-38(2)46-20-21-47-38)37(43)39-31-14-11-27(12-15-31)25-40(3)32-8-7-19-44-26-32/h5-6,9-16,22-23,32H,4,7-8,17-21,24-26H2,1-3H3,(H,39,43). The number of anilines is 2. The molecule has 3 aliphatic rings. The van der Waals surface area contributed by atoms with Crippen molar-refractivity contribution in [3.8, 4) is 16.9 Å². The fraction of sp³-hybridized carbons (Fsp3) is 0.421. The summed E-state index contributed by atoms with van der Waals surface area (Å²) in [5.74, 6) is -0.486. The molecular formula is C38H45N3O6. The van der Waals surface area contributed by atoms with Crippen molar-refractivity contribution >= 4 is 29.3 Å². The molecule has 0 spiro atoms. The topological polar surface area (TPSA) is 89.6 Å². The van der Waals surface area contributed by atoms with Gasteiger partial charge in [-0.2, -0.15) is 0 Å². The zero-order valence-corrected chi connectivity index (χ0v) is 27.6. The summed E-state index contributed by atoms with van der Waals surface area (Å²) < 4.78 is 23.1. The lowest BCUT2D eigenvalue weighted by Gasteiger charge is -2.31. The van der Waals surface area contributed by atoms with Crippen LogP contribution in [0.4, 0.5) is 11.4 Å². The van der Waals surface area contributed by atoms with Crippen molar-refractivity contribution in [1.82, 2.24) is 4.90 Å².